The number of aryl methyl sites for hydroxylation is 2. The number of nitrogens with zero attached hydrogens (tertiary/aromatic N) is 1. The number of aromatic nitrogens is 1. The highest BCUT2D eigenvalue weighted by atomic mass is 32.1. The van der Waals surface area contributed by atoms with Crippen LogP contribution in [-0.4, -0.2) is 34.9 Å². The van der Waals surface area contributed by atoms with Crippen LogP contribution in [0.2, 0.25) is 0 Å². The van der Waals surface area contributed by atoms with Crippen molar-refractivity contribution in [3.05, 3.63) is 55.6 Å². The van der Waals surface area contributed by atoms with Gasteiger partial charge in [-0.2, -0.15) is 0 Å². The Balaban J connectivity index is 1.31. The molecule has 2 aliphatic carbocycles. The summed E-state index contributed by atoms with van der Waals surface area (Å²) in [6.07, 6.45) is 6.49. The molecule has 184 valence electrons. The van der Waals surface area contributed by atoms with Crippen LogP contribution in [0.15, 0.2) is 18.2 Å². The third-order valence-electron chi connectivity index (χ3n) is 6.81. The van der Waals surface area contributed by atoms with Gasteiger partial charge >= 0.3 is 5.97 Å². The quantitative estimate of drug-likeness (QED) is 0.245. The Morgan fingerprint density at radius 2 is 2.00 bits per heavy atom. The summed E-state index contributed by atoms with van der Waals surface area (Å²) < 4.78 is 5.28. The maximum absolute atomic E-state index is 12.9. The second-order valence-corrected chi connectivity index (χ2v) is 10.1. The second-order valence-electron chi connectivity index (χ2n) is 9.01. The first kappa shape index (κ1) is 23.5. The SMILES string of the molecule is CCOC(=O)c1c(NC(=O)CN[C@@H]2CCCc3c2[nH]c2ccc([N+](=O)[O-])cc32)sc2c1CCCC2. The average molecular weight is 497 g/mol. The van der Waals surface area contributed by atoms with Gasteiger partial charge in [0.15, 0.2) is 0 Å². The van der Waals surface area contributed by atoms with Crippen molar-refractivity contribution in [3.63, 3.8) is 0 Å². The Labute approximate surface area is 206 Å². The van der Waals surface area contributed by atoms with Crippen LogP contribution in [-0.2, 0) is 28.8 Å². The van der Waals surface area contributed by atoms with Gasteiger partial charge in [-0.1, -0.05) is 0 Å². The van der Waals surface area contributed by atoms with Crippen LogP contribution in [0.1, 0.15) is 70.7 Å². The largest absolute Gasteiger partial charge is 0.462 e. The number of nitro groups is 1. The summed E-state index contributed by atoms with van der Waals surface area (Å²) in [4.78, 5) is 40.9. The first-order valence-corrected chi connectivity index (χ1v) is 12.9. The topological polar surface area (TPSA) is 126 Å². The van der Waals surface area contributed by atoms with E-state index in [1.807, 2.05) is 0 Å². The van der Waals surface area contributed by atoms with E-state index in [9.17, 15) is 19.7 Å². The van der Waals surface area contributed by atoms with Crippen LogP contribution < -0.4 is 10.6 Å². The van der Waals surface area contributed by atoms with Crippen molar-refractivity contribution in [2.24, 2.45) is 0 Å². The van der Waals surface area contributed by atoms with E-state index in [0.717, 1.165) is 77.5 Å². The summed E-state index contributed by atoms with van der Waals surface area (Å²) in [6, 6.07) is 4.80. The fourth-order valence-electron chi connectivity index (χ4n) is 5.23. The number of hydrogen-bond donors (Lipinski definition) is 3. The molecule has 1 atom stereocenters. The van der Waals surface area contributed by atoms with E-state index in [4.69, 9.17) is 4.74 Å². The average Bonchev–Trinajstić information content (AvgIpc) is 3.40. The molecule has 3 aromatic rings. The molecule has 0 spiro atoms. The highest BCUT2D eigenvalue weighted by Crippen LogP contribution is 2.39. The van der Waals surface area contributed by atoms with Crippen molar-refractivity contribution in [2.45, 2.75) is 57.9 Å². The normalized spacial score (nSPS) is 17.0. The number of esters is 1. The number of nitrogens with one attached hydrogen (secondary N) is 3. The zero-order valence-electron chi connectivity index (χ0n) is 19.6. The Hall–Kier alpha value is -3.24. The van der Waals surface area contributed by atoms with Crippen molar-refractivity contribution < 1.29 is 19.2 Å². The van der Waals surface area contributed by atoms with Gasteiger partial charge in [0.05, 0.1) is 23.6 Å². The number of benzene rings is 1. The summed E-state index contributed by atoms with van der Waals surface area (Å²) >= 11 is 1.48. The van der Waals surface area contributed by atoms with E-state index in [2.05, 4.69) is 15.6 Å². The van der Waals surface area contributed by atoms with Crippen LogP contribution in [0.4, 0.5) is 10.7 Å². The molecule has 2 aliphatic rings. The maximum atomic E-state index is 12.9. The Morgan fingerprint density at radius 3 is 2.80 bits per heavy atom. The van der Waals surface area contributed by atoms with Crippen LogP contribution >= 0.6 is 11.3 Å². The van der Waals surface area contributed by atoms with E-state index in [0.29, 0.717) is 10.6 Å². The molecule has 35 heavy (non-hydrogen) atoms. The minimum Gasteiger partial charge on any atom is -0.462 e. The molecule has 0 fully saturated rings. The van der Waals surface area contributed by atoms with Crippen molar-refractivity contribution in [2.75, 3.05) is 18.5 Å². The van der Waals surface area contributed by atoms with Crippen LogP contribution in [0.3, 0.4) is 0 Å². The Kier molecular flexibility index (Phi) is 6.57. The predicted octanol–water partition coefficient (Wildman–Crippen LogP) is 4.80. The lowest BCUT2D eigenvalue weighted by atomic mass is 9.91. The summed E-state index contributed by atoms with van der Waals surface area (Å²) in [5.41, 5.74) is 4.53. The number of carbonyl (C=O) groups is 2. The van der Waals surface area contributed by atoms with Gasteiger partial charge in [-0.3, -0.25) is 14.9 Å². The molecule has 0 unspecified atom stereocenters. The highest BCUT2D eigenvalue weighted by molar-refractivity contribution is 7.17. The third-order valence-corrected chi connectivity index (χ3v) is 8.02. The van der Waals surface area contributed by atoms with Gasteiger partial charge in [0.2, 0.25) is 5.91 Å². The molecular weight excluding hydrogens is 468 g/mol. The third kappa shape index (κ3) is 4.55. The summed E-state index contributed by atoms with van der Waals surface area (Å²) in [6.45, 7) is 2.15. The first-order chi connectivity index (χ1) is 17.0. The number of amides is 1. The minimum atomic E-state index is -0.380. The molecule has 0 bridgehead atoms. The van der Waals surface area contributed by atoms with Gasteiger partial charge in [-0.25, -0.2) is 4.79 Å². The molecule has 0 aliphatic heterocycles. The molecule has 0 saturated carbocycles. The van der Waals surface area contributed by atoms with Crippen molar-refractivity contribution in [1.29, 1.82) is 0 Å². The Bertz CT molecular complexity index is 1310. The van der Waals surface area contributed by atoms with Gasteiger partial charge in [0.25, 0.3) is 5.69 Å². The molecule has 1 aromatic carbocycles. The zero-order chi connectivity index (χ0) is 24.5. The number of fused-ring (bicyclic) bond motifs is 4. The van der Waals surface area contributed by atoms with E-state index in [1.54, 1.807) is 19.1 Å². The predicted molar refractivity (Wildman–Crippen MR) is 134 cm³/mol. The highest BCUT2D eigenvalue weighted by Gasteiger charge is 2.28. The fraction of sp³-hybridized carbons (Fsp3) is 0.440. The van der Waals surface area contributed by atoms with E-state index in [1.165, 1.54) is 17.4 Å². The number of ether oxygens (including phenoxy) is 1. The molecule has 10 heteroatoms. The number of aromatic amines is 1. The standard InChI is InChI=1S/C25H28N4O5S/c1-2-34-25(31)22-16-6-3-4-9-20(16)35-24(22)28-21(30)13-26-19-8-5-7-15-17-12-14(29(32)33)10-11-18(17)27-23(15)19/h10-12,19,26-27H,2-9,13H2,1H3,(H,28,30)/t19-/m1/s1. The first-order valence-electron chi connectivity index (χ1n) is 12.1. The van der Waals surface area contributed by atoms with Crippen molar-refractivity contribution >= 4 is 44.8 Å². The summed E-state index contributed by atoms with van der Waals surface area (Å²) in [5, 5.41) is 18.9. The van der Waals surface area contributed by atoms with E-state index >= 15 is 0 Å². The van der Waals surface area contributed by atoms with Gasteiger partial charge < -0.3 is 20.4 Å². The lowest BCUT2D eigenvalue weighted by molar-refractivity contribution is -0.384. The minimum absolute atomic E-state index is 0.0583. The van der Waals surface area contributed by atoms with Crippen molar-refractivity contribution in [1.82, 2.24) is 10.3 Å². The van der Waals surface area contributed by atoms with Crippen molar-refractivity contribution in [3.8, 4) is 0 Å². The number of carbonyl (C=O) groups excluding carboxylic acids is 2. The number of H-pyrrole nitrogens is 1. The molecule has 1 amide bonds. The van der Waals surface area contributed by atoms with Crippen LogP contribution in [0.25, 0.3) is 10.9 Å². The maximum Gasteiger partial charge on any atom is 0.341 e. The van der Waals surface area contributed by atoms with Gasteiger partial charge in [0.1, 0.15) is 5.00 Å². The molecule has 3 N–H and O–H groups in total. The van der Waals surface area contributed by atoms with E-state index < -0.39 is 0 Å². The second kappa shape index (κ2) is 9.79. The molecule has 2 aromatic heterocycles. The molecule has 2 heterocycles. The van der Waals surface area contributed by atoms with Gasteiger partial charge in [0, 0.05) is 39.6 Å². The number of rotatable bonds is 7. The van der Waals surface area contributed by atoms with Crippen LogP contribution in [0, 0.1) is 10.1 Å². The smallest absolute Gasteiger partial charge is 0.341 e. The molecular formula is C25H28N4O5S. The van der Waals surface area contributed by atoms with Gasteiger partial charge in [-0.05, 0) is 69.1 Å². The lowest BCUT2D eigenvalue weighted by Gasteiger charge is -2.23. The number of hydrogen-bond acceptors (Lipinski definition) is 7. The molecule has 0 radical (unpaired) electrons. The van der Waals surface area contributed by atoms with Crippen LogP contribution in [0.5, 0.6) is 0 Å². The zero-order valence-corrected chi connectivity index (χ0v) is 20.4. The van der Waals surface area contributed by atoms with Gasteiger partial charge in [-0.15, -0.1) is 11.3 Å². The number of nitro benzene ring substituents is 1. The number of thiophene rings is 1. The molecule has 9 nitrogen and oxygen atoms in total. The molecule has 0 saturated heterocycles. The molecule has 5 rings (SSSR count). The Morgan fingerprint density at radius 1 is 1.20 bits per heavy atom. The number of anilines is 1. The van der Waals surface area contributed by atoms with E-state index in [-0.39, 0.29) is 41.7 Å². The lowest BCUT2D eigenvalue weighted by Crippen LogP contribution is -2.33. The monoisotopic (exact) mass is 496 g/mol. The summed E-state index contributed by atoms with van der Waals surface area (Å²) in [7, 11) is 0. The fourth-order valence-corrected chi connectivity index (χ4v) is 6.52. The number of non-ortho nitro benzene ring substituents is 1. The summed E-state index contributed by atoms with van der Waals surface area (Å²) in [5.74, 6) is -0.590.